The van der Waals surface area contributed by atoms with Gasteiger partial charge in [0.1, 0.15) is 0 Å². The van der Waals surface area contributed by atoms with Crippen LogP contribution in [0.5, 0.6) is 0 Å². The molecule has 1 nitrogen and oxygen atoms in total. The van der Waals surface area contributed by atoms with Crippen molar-refractivity contribution in [2.75, 3.05) is 0 Å². The third kappa shape index (κ3) is 1.73. The van der Waals surface area contributed by atoms with Gasteiger partial charge in [-0.25, -0.2) is 0 Å². The Balaban J connectivity index is 2.59. The molecule has 76 valence electrons. The first kappa shape index (κ1) is 9.78. The van der Waals surface area contributed by atoms with Crippen LogP contribution in [-0.4, -0.2) is 4.57 Å². The topological polar surface area (TPSA) is 4.93 Å². The Bertz CT molecular complexity index is 451. The second-order valence-electron chi connectivity index (χ2n) is 3.50. The summed E-state index contributed by atoms with van der Waals surface area (Å²) in [7, 11) is 0. The molecule has 1 aromatic heterocycles. The number of rotatable bonds is 3. The van der Waals surface area contributed by atoms with Gasteiger partial charge in [-0.1, -0.05) is 43.8 Å². The highest BCUT2D eigenvalue weighted by Gasteiger charge is 2.07. The van der Waals surface area contributed by atoms with Gasteiger partial charge in [0.25, 0.3) is 0 Å². The van der Waals surface area contributed by atoms with Crippen LogP contribution in [0, 0.1) is 0 Å². The number of hydrogen-bond acceptors (Lipinski definition) is 0. The molecule has 0 atom stereocenters. The van der Waals surface area contributed by atoms with Crippen molar-refractivity contribution in [1.29, 1.82) is 0 Å². The van der Waals surface area contributed by atoms with Crippen LogP contribution in [0.25, 0.3) is 17.5 Å². The van der Waals surface area contributed by atoms with Crippen LogP contribution in [0.1, 0.15) is 12.5 Å². The summed E-state index contributed by atoms with van der Waals surface area (Å²) in [6.45, 7) is 6.00. The zero-order chi connectivity index (χ0) is 10.7. The molecule has 0 unspecified atom stereocenters. The van der Waals surface area contributed by atoms with E-state index in [1.807, 2.05) is 12.3 Å². The molecule has 0 radical (unpaired) electrons. The predicted molar refractivity (Wildman–Crippen MR) is 65.6 cm³/mol. The van der Waals surface area contributed by atoms with Gasteiger partial charge >= 0.3 is 0 Å². The first-order chi connectivity index (χ1) is 7.36. The zero-order valence-corrected chi connectivity index (χ0v) is 8.98. The average molecular weight is 197 g/mol. The molecule has 1 heteroatoms. The van der Waals surface area contributed by atoms with E-state index < -0.39 is 0 Å². The van der Waals surface area contributed by atoms with Gasteiger partial charge in [-0.3, -0.25) is 0 Å². The maximum Gasteiger partial charge on any atom is 0.0553 e. The van der Waals surface area contributed by atoms with Gasteiger partial charge in [0, 0.05) is 12.4 Å². The molecule has 0 aliphatic heterocycles. The standard InChI is InChI=1S/C14H15N/c1-3-12-10-11-15(4-2)14(12)13-8-6-5-7-9-13/h4-11H,2-3H2,1H3. The Kier molecular flexibility index (Phi) is 2.72. The van der Waals surface area contributed by atoms with E-state index in [9.17, 15) is 0 Å². The molecule has 0 bridgehead atoms. The highest BCUT2D eigenvalue weighted by molar-refractivity contribution is 5.66. The minimum absolute atomic E-state index is 1.05. The van der Waals surface area contributed by atoms with Gasteiger partial charge in [-0.15, -0.1) is 0 Å². The molecule has 15 heavy (non-hydrogen) atoms. The first-order valence-corrected chi connectivity index (χ1v) is 5.24. The summed E-state index contributed by atoms with van der Waals surface area (Å²) in [5.74, 6) is 0. The lowest BCUT2D eigenvalue weighted by Crippen LogP contribution is -1.90. The Labute approximate surface area is 90.7 Å². The van der Waals surface area contributed by atoms with Crippen molar-refractivity contribution in [2.24, 2.45) is 0 Å². The Hall–Kier alpha value is -1.76. The van der Waals surface area contributed by atoms with Gasteiger partial charge in [-0.2, -0.15) is 0 Å². The van der Waals surface area contributed by atoms with Crippen LogP contribution in [-0.2, 0) is 6.42 Å². The summed E-state index contributed by atoms with van der Waals surface area (Å²) in [5.41, 5.74) is 3.87. The van der Waals surface area contributed by atoms with Crippen LogP contribution in [0.15, 0.2) is 49.2 Å². The lowest BCUT2D eigenvalue weighted by molar-refractivity contribution is 1.12. The lowest BCUT2D eigenvalue weighted by atomic mass is 10.1. The van der Waals surface area contributed by atoms with Gasteiger partial charge in [0.2, 0.25) is 0 Å². The molecule has 0 spiro atoms. The van der Waals surface area contributed by atoms with Crippen LogP contribution < -0.4 is 0 Å². The number of hydrogen-bond donors (Lipinski definition) is 0. The molecule has 0 saturated heterocycles. The molecule has 0 saturated carbocycles. The van der Waals surface area contributed by atoms with Crippen LogP contribution in [0.3, 0.4) is 0 Å². The molecule has 0 amide bonds. The van der Waals surface area contributed by atoms with Gasteiger partial charge < -0.3 is 4.57 Å². The summed E-state index contributed by atoms with van der Waals surface area (Å²) in [5, 5.41) is 0. The van der Waals surface area contributed by atoms with E-state index >= 15 is 0 Å². The normalized spacial score (nSPS) is 10.2. The van der Waals surface area contributed by atoms with Crippen molar-refractivity contribution < 1.29 is 0 Å². The van der Waals surface area contributed by atoms with Crippen molar-refractivity contribution >= 4 is 6.20 Å². The number of aryl methyl sites for hydroxylation is 1. The summed E-state index contributed by atoms with van der Waals surface area (Å²) >= 11 is 0. The third-order valence-corrected chi connectivity index (χ3v) is 2.62. The van der Waals surface area contributed by atoms with E-state index in [1.54, 1.807) is 0 Å². The fourth-order valence-corrected chi connectivity index (χ4v) is 1.86. The molecule has 1 heterocycles. The summed E-state index contributed by atoms with van der Waals surface area (Å²) in [4.78, 5) is 0. The second-order valence-corrected chi connectivity index (χ2v) is 3.50. The predicted octanol–water partition coefficient (Wildman–Crippen LogP) is 3.82. The van der Waals surface area contributed by atoms with E-state index in [4.69, 9.17) is 0 Å². The van der Waals surface area contributed by atoms with E-state index in [0.717, 1.165) is 6.42 Å². The van der Waals surface area contributed by atoms with Crippen molar-refractivity contribution in [3.63, 3.8) is 0 Å². The average Bonchev–Trinajstić information content (AvgIpc) is 2.72. The number of aromatic nitrogens is 1. The largest absolute Gasteiger partial charge is 0.324 e. The zero-order valence-electron chi connectivity index (χ0n) is 8.98. The minimum Gasteiger partial charge on any atom is -0.324 e. The highest BCUT2D eigenvalue weighted by Crippen LogP contribution is 2.25. The molecule has 0 aliphatic rings. The first-order valence-electron chi connectivity index (χ1n) is 5.24. The van der Waals surface area contributed by atoms with Gasteiger partial charge in [0.05, 0.1) is 5.69 Å². The van der Waals surface area contributed by atoms with Gasteiger partial charge in [-0.05, 0) is 23.6 Å². The van der Waals surface area contributed by atoms with Gasteiger partial charge in [0.15, 0.2) is 0 Å². The fourth-order valence-electron chi connectivity index (χ4n) is 1.86. The Morgan fingerprint density at radius 1 is 1.20 bits per heavy atom. The van der Waals surface area contributed by atoms with Crippen LogP contribution >= 0.6 is 0 Å². The molecule has 0 fully saturated rings. The number of benzene rings is 1. The van der Waals surface area contributed by atoms with Crippen molar-refractivity contribution in [1.82, 2.24) is 4.57 Å². The second kappa shape index (κ2) is 4.18. The maximum absolute atomic E-state index is 3.83. The van der Waals surface area contributed by atoms with E-state index in [-0.39, 0.29) is 0 Å². The van der Waals surface area contributed by atoms with Crippen molar-refractivity contribution in [3.05, 3.63) is 54.7 Å². The summed E-state index contributed by atoms with van der Waals surface area (Å²) in [6.07, 6.45) is 4.96. The summed E-state index contributed by atoms with van der Waals surface area (Å²) in [6, 6.07) is 12.6. The monoisotopic (exact) mass is 197 g/mol. The van der Waals surface area contributed by atoms with Crippen molar-refractivity contribution in [2.45, 2.75) is 13.3 Å². The fraction of sp³-hybridized carbons (Fsp3) is 0.143. The van der Waals surface area contributed by atoms with E-state index in [1.165, 1.54) is 16.8 Å². The third-order valence-electron chi connectivity index (χ3n) is 2.62. The Morgan fingerprint density at radius 3 is 2.53 bits per heavy atom. The van der Waals surface area contributed by atoms with Crippen LogP contribution in [0.4, 0.5) is 0 Å². The lowest BCUT2D eigenvalue weighted by Gasteiger charge is -2.06. The molecule has 2 aromatic rings. The summed E-state index contributed by atoms with van der Waals surface area (Å²) < 4.78 is 2.08. The molecule has 1 aromatic carbocycles. The van der Waals surface area contributed by atoms with E-state index in [2.05, 4.69) is 54.6 Å². The Morgan fingerprint density at radius 2 is 1.93 bits per heavy atom. The SMILES string of the molecule is C=Cn1ccc(CC)c1-c1ccccc1. The van der Waals surface area contributed by atoms with E-state index in [0.29, 0.717) is 0 Å². The number of nitrogens with zero attached hydrogens (tertiary/aromatic N) is 1. The highest BCUT2D eigenvalue weighted by atomic mass is 14.9. The molecule has 2 rings (SSSR count). The molecular weight excluding hydrogens is 182 g/mol. The minimum atomic E-state index is 1.05. The molecular formula is C14H15N. The van der Waals surface area contributed by atoms with Crippen molar-refractivity contribution in [3.8, 4) is 11.3 Å². The maximum atomic E-state index is 3.83. The molecule has 0 N–H and O–H groups in total. The molecule has 0 aliphatic carbocycles. The quantitative estimate of drug-likeness (QED) is 0.705. The van der Waals surface area contributed by atoms with Crippen LogP contribution in [0.2, 0.25) is 0 Å². The smallest absolute Gasteiger partial charge is 0.0553 e.